The van der Waals surface area contributed by atoms with Gasteiger partial charge in [-0.15, -0.1) is 0 Å². The molecule has 2 aromatic rings. The maximum absolute atomic E-state index is 8.80. The summed E-state index contributed by atoms with van der Waals surface area (Å²) < 4.78 is 5.94. The fraction of sp³-hybridized carbons (Fsp3) is 0.368. The monoisotopic (exact) mass is 307 g/mol. The summed E-state index contributed by atoms with van der Waals surface area (Å²) in [5.74, 6) is 0.731. The Morgan fingerprint density at radius 2 is 1.83 bits per heavy atom. The summed E-state index contributed by atoms with van der Waals surface area (Å²) in [6, 6.07) is 13.8. The van der Waals surface area contributed by atoms with Crippen LogP contribution in [0.2, 0.25) is 0 Å². The maximum atomic E-state index is 8.80. The van der Waals surface area contributed by atoms with E-state index >= 15 is 0 Å². The molecule has 0 amide bonds. The van der Waals surface area contributed by atoms with Gasteiger partial charge in [0, 0.05) is 25.4 Å². The number of aromatic nitrogens is 1. The standard InChI is InChI=1S/C19H21N3O/c20-12-15-5-7-16(8-6-15)13-21-14-17-9-10-22-19(11-17)23-18-3-1-2-4-18/h5-11,18,21H,1-4,13-14H2. The normalized spacial score (nSPS) is 14.6. The molecular weight excluding hydrogens is 286 g/mol. The Balaban J connectivity index is 1.50. The number of benzene rings is 1. The molecule has 3 rings (SSSR count). The average Bonchev–Trinajstić information content (AvgIpc) is 3.09. The van der Waals surface area contributed by atoms with Crippen molar-refractivity contribution < 1.29 is 4.74 Å². The molecule has 1 fully saturated rings. The highest BCUT2D eigenvalue weighted by Crippen LogP contribution is 2.23. The summed E-state index contributed by atoms with van der Waals surface area (Å²) in [4.78, 5) is 4.31. The number of nitrogens with one attached hydrogen (secondary N) is 1. The number of nitriles is 1. The van der Waals surface area contributed by atoms with Crippen molar-refractivity contribution in [2.75, 3.05) is 0 Å². The van der Waals surface area contributed by atoms with Crippen molar-refractivity contribution in [3.63, 3.8) is 0 Å². The summed E-state index contributed by atoms with van der Waals surface area (Å²) in [5, 5.41) is 12.2. The van der Waals surface area contributed by atoms with Crippen LogP contribution in [0.3, 0.4) is 0 Å². The van der Waals surface area contributed by atoms with E-state index in [2.05, 4.69) is 16.4 Å². The highest BCUT2D eigenvalue weighted by molar-refractivity contribution is 5.31. The molecule has 0 atom stereocenters. The lowest BCUT2D eigenvalue weighted by atomic mass is 10.1. The number of rotatable bonds is 6. The highest BCUT2D eigenvalue weighted by atomic mass is 16.5. The molecule has 0 radical (unpaired) electrons. The minimum Gasteiger partial charge on any atom is -0.474 e. The Morgan fingerprint density at radius 3 is 2.57 bits per heavy atom. The number of nitrogens with zero attached hydrogens (tertiary/aromatic N) is 2. The van der Waals surface area contributed by atoms with E-state index in [1.807, 2.05) is 42.6 Å². The lowest BCUT2D eigenvalue weighted by Crippen LogP contribution is -2.14. The molecule has 1 aliphatic carbocycles. The Morgan fingerprint density at radius 1 is 1.09 bits per heavy atom. The third kappa shape index (κ3) is 4.54. The van der Waals surface area contributed by atoms with E-state index in [1.165, 1.54) is 24.0 Å². The first kappa shape index (κ1) is 15.5. The van der Waals surface area contributed by atoms with Gasteiger partial charge in [-0.25, -0.2) is 4.98 Å². The van der Waals surface area contributed by atoms with Crippen LogP contribution in [-0.2, 0) is 13.1 Å². The summed E-state index contributed by atoms with van der Waals surface area (Å²) in [6.07, 6.45) is 6.95. The van der Waals surface area contributed by atoms with E-state index in [9.17, 15) is 0 Å². The van der Waals surface area contributed by atoms with Gasteiger partial charge in [-0.3, -0.25) is 0 Å². The van der Waals surface area contributed by atoms with E-state index in [4.69, 9.17) is 10.00 Å². The molecule has 0 aliphatic heterocycles. The molecule has 118 valence electrons. The van der Waals surface area contributed by atoms with Gasteiger partial charge in [-0.05, 0) is 55.0 Å². The molecular formula is C19H21N3O. The molecule has 1 aromatic heterocycles. The smallest absolute Gasteiger partial charge is 0.213 e. The van der Waals surface area contributed by atoms with Crippen LogP contribution in [0.25, 0.3) is 0 Å². The predicted octanol–water partition coefficient (Wildman–Crippen LogP) is 3.56. The number of pyridine rings is 1. The van der Waals surface area contributed by atoms with E-state index in [0.717, 1.165) is 31.8 Å². The topological polar surface area (TPSA) is 57.9 Å². The molecule has 0 spiro atoms. The van der Waals surface area contributed by atoms with Crippen LogP contribution in [0.15, 0.2) is 42.6 Å². The lowest BCUT2D eigenvalue weighted by molar-refractivity contribution is 0.201. The minimum atomic E-state index is 0.337. The van der Waals surface area contributed by atoms with E-state index < -0.39 is 0 Å². The number of ether oxygens (including phenoxy) is 1. The first-order valence-electron chi connectivity index (χ1n) is 8.15. The average molecular weight is 307 g/mol. The van der Waals surface area contributed by atoms with Crippen LogP contribution in [0, 0.1) is 11.3 Å². The molecule has 0 bridgehead atoms. The Kier molecular flexibility index (Phi) is 5.23. The van der Waals surface area contributed by atoms with Crippen LogP contribution in [0.5, 0.6) is 5.88 Å². The highest BCUT2D eigenvalue weighted by Gasteiger charge is 2.16. The van der Waals surface area contributed by atoms with Gasteiger partial charge < -0.3 is 10.1 Å². The maximum Gasteiger partial charge on any atom is 0.213 e. The third-order valence-corrected chi connectivity index (χ3v) is 4.13. The van der Waals surface area contributed by atoms with Crippen molar-refractivity contribution in [1.82, 2.24) is 10.3 Å². The van der Waals surface area contributed by atoms with Gasteiger partial charge in [0.2, 0.25) is 5.88 Å². The summed E-state index contributed by atoms with van der Waals surface area (Å²) in [6.45, 7) is 1.54. The largest absolute Gasteiger partial charge is 0.474 e. The third-order valence-electron chi connectivity index (χ3n) is 4.13. The molecule has 4 nitrogen and oxygen atoms in total. The van der Waals surface area contributed by atoms with Gasteiger partial charge >= 0.3 is 0 Å². The van der Waals surface area contributed by atoms with Gasteiger partial charge in [0.15, 0.2) is 0 Å². The van der Waals surface area contributed by atoms with Crippen molar-refractivity contribution in [3.8, 4) is 11.9 Å². The Hall–Kier alpha value is -2.38. The molecule has 0 saturated heterocycles. The SMILES string of the molecule is N#Cc1ccc(CNCc2ccnc(OC3CCCC3)c2)cc1. The fourth-order valence-corrected chi connectivity index (χ4v) is 2.85. The minimum absolute atomic E-state index is 0.337. The molecule has 1 saturated carbocycles. The summed E-state index contributed by atoms with van der Waals surface area (Å²) >= 11 is 0. The van der Waals surface area contributed by atoms with E-state index in [0.29, 0.717) is 11.7 Å². The van der Waals surface area contributed by atoms with Crippen molar-refractivity contribution in [1.29, 1.82) is 5.26 Å². The van der Waals surface area contributed by atoms with Crippen LogP contribution in [0.4, 0.5) is 0 Å². The fourth-order valence-electron chi connectivity index (χ4n) is 2.85. The Bertz CT molecular complexity index is 670. The van der Waals surface area contributed by atoms with Gasteiger partial charge in [0.25, 0.3) is 0 Å². The second kappa shape index (κ2) is 7.75. The van der Waals surface area contributed by atoms with Gasteiger partial charge in [-0.1, -0.05) is 12.1 Å². The number of hydrogen-bond donors (Lipinski definition) is 1. The first-order valence-corrected chi connectivity index (χ1v) is 8.15. The molecule has 4 heteroatoms. The van der Waals surface area contributed by atoms with Crippen LogP contribution in [-0.4, -0.2) is 11.1 Å². The van der Waals surface area contributed by atoms with Crippen molar-refractivity contribution in [3.05, 3.63) is 59.3 Å². The molecule has 23 heavy (non-hydrogen) atoms. The summed E-state index contributed by atoms with van der Waals surface area (Å²) in [5.41, 5.74) is 3.03. The molecule has 0 unspecified atom stereocenters. The zero-order valence-electron chi connectivity index (χ0n) is 13.2. The van der Waals surface area contributed by atoms with E-state index in [1.54, 1.807) is 0 Å². The van der Waals surface area contributed by atoms with E-state index in [-0.39, 0.29) is 0 Å². The second-order valence-electron chi connectivity index (χ2n) is 5.94. The molecule has 1 heterocycles. The van der Waals surface area contributed by atoms with Crippen molar-refractivity contribution in [2.24, 2.45) is 0 Å². The predicted molar refractivity (Wildman–Crippen MR) is 88.8 cm³/mol. The quantitative estimate of drug-likeness (QED) is 0.886. The molecule has 1 aromatic carbocycles. The zero-order valence-corrected chi connectivity index (χ0v) is 13.2. The summed E-state index contributed by atoms with van der Waals surface area (Å²) in [7, 11) is 0. The van der Waals surface area contributed by atoms with Crippen LogP contribution >= 0.6 is 0 Å². The van der Waals surface area contributed by atoms with Crippen LogP contribution in [0.1, 0.15) is 42.4 Å². The van der Waals surface area contributed by atoms with Crippen LogP contribution < -0.4 is 10.1 Å². The van der Waals surface area contributed by atoms with Crippen molar-refractivity contribution in [2.45, 2.75) is 44.9 Å². The molecule has 1 aliphatic rings. The van der Waals surface area contributed by atoms with Crippen molar-refractivity contribution >= 4 is 0 Å². The molecule has 1 N–H and O–H groups in total. The zero-order chi connectivity index (χ0) is 15.9. The number of hydrogen-bond acceptors (Lipinski definition) is 4. The second-order valence-corrected chi connectivity index (χ2v) is 5.94. The first-order chi connectivity index (χ1) is 11.3. The van der Waals surface area contributed by atoms with Gasteiger partial charge in [0.1, 0.15) is 6.10 Å². The van der Waals surface area contributed by atoms with Gasteiger partial charge in [-0.2, -0.15) is 5.26 Å². The van der Waals surface area contributed by atoms with Gasteiger partial charge in [0.05, 0.1) is 11.6 Å². The Labute approximate surface area is 137 Å². The lowest BCUT2D eigenvalue weighted by Gasteiger charge is -2.13.